The van der Waals surface area contributed by atoms with Crippen LogP contribution in [0.25, 0.3) is 0 Å². The van der Waals surface area contributed by atoms with E-state index in [4.69, 9.17) is 10.5 Å². The maximum Gasteiger partial charge on any atom is 0.241 e. The summed E-state index contributed by atoms with van der Waals surface area (Å²) in [7, 11) is 0. The second-order valence-electron chi connectivity index (χ2n) is 6.48. The number of fused-ring (bicyclic) bond motifs is 1. The fourth-order valence-electron chi connectivity index (χ4n) is 3.77. The van der Waals surface area contributed by atoms with Gasteiger partial charge in [0, 0.05) is 30.9 Å². The van der Waals surface area contributed by atoms with Gasteiger partial charge in [-0.05, 0) is 12.8 Å². The largest absolute Gasteiger partial charge is 0.377 e. The Balaban J connectivity index is 1.62. The van der Waals surface area contributed by atoms with Crippen molar-refractivity contribution < 1.29 is 14.1 Å². The van der Waals surface area contributed by atoms with Crippen LogP contribution in [0.5, 0.6) is 0 Å². The number of rotatable bonds is 4. The van der Waals surface area contributed by atoms with Crippen LogP contribution in [0.3, 0.4) is 0 Å². The van der Waals surface area contributed by atoms with Gasteiger partial charge in [-0.2, -0.15) is 4.98 Å². The summed E-state index contributed by atoms with van der Waals surface area (Å²) < 4.78 is 10.5. The minimum absolute atomic E-state index is 0.0826. The Labute approximate surface area is 123 Å². The summed E-state index contributed by atoms with van der Waals surface area (Å²) in [6.45, 7) is 5.24. The molecule has 3 unspecified atom stereocenters. The van der Waals surface area contributed by atoms with Gasteiger partial charge in [-0.25, -0.2) is 0 Å². The molecular weight excluding hydrogens is 272 g/mol. The lowest BCUT2D eigenvalue weighted by Crippen LogP contribution is -2.82. The van der Waals surface area contributed by atoms with Gasteiger partial charge in [0.2, 0.25) is 12.3 Å². The Hall–Kier alpha value is -1.47. The third-order valence-electron chi connectivity index (χ3n) is 5.10. The molecule has 0 bridgehead atoms. The van der Waals surface area contributed by atoms with Crippen molar-refractivity contribution in [3.8, 4) is 0 Å². The van der Waals surface area contributed by atoms with E-state index in [1.807, 2.05) is 13.8 Å². The van der Waals surface area contributed by atoms with Gasteiger partial charge in [-0.3, -0.25) is 4.79 Å². The topological polar surface area (TPSA) is 103 Å². The molecule has 1 aliphatic heterocycles. The van der Waals surface area contributed by atoms with Crippen LogP contribution in [0, 0.1) is 11.3 Å². The van der Waals surface area contributed by atoms with Gasteiger partial charge in [0.15, 0.2) is 5.82 Å². The Kier molecular flexibility index (Phi) is 3.49. The van der Waals surface area contributed by atoms with Crippen molar-refractivity contribution in [1.82, 2.24) is 15.5 Å². The zero-order valence-electron chi connectivity index (χ0n) is 12.5. The highest BCUT2D eigenvalue weighted by molar-refractivity contribution is 5.89. The monoisotopic (exact) mass is 294 g/mol. The number of nitrogens with zero attached hydrogens (tertiary/aromatic N) is 2. The number of aromatic nitrogens is 2. The van der Waals surface area contributed by atoms with Gasteiger partial charge in [-0.1, -0.05) is 19.0 Å². The number of nitrogens with one attached hydrogen (secondary N) is 1. The van der Waals surface area contributed by atoms with Crippen molar-refractivity contribution >= 4 is 5.91 Å². The second kappa shape index (κ2) is 5.06. The first kappa shape index (κ1) is 14.5. The predicted octanol–water partition coefficient (Wildman–Crippen LogP) is 0.261. The average molecular weight is 294 g/mol. The SMILES string of the molecule is CC1(C)C2OCCCC2C1(N)C(=O)NCCc1ncon1. The maximum atomic E-state index is 12.6. The molecule has 0 aromatic carbocycles. The van der Waals surface area contributed by atoms with Gasteiger partial charge in [0.05, 0.1) is 6.10 Å². The summed E-state index contributed by atoms with van der Waals surface area (Å²) in [5.74, 6) is 0.572. The minimum Gasteiger partial charge on any atom is -0.377 e. The van der Waals surface area contributed by atoms with E-state index < -0.39 is 5.54 Å². The summed E-state index contributed by atoms with van der Waals surface area (Å²) in [6.07, 6.45) is 3.80. The van der Waals surface area contributed by atoms with Crippen LogP contribution in [0.1, 0.15) is 32.5 Å². The van der Waals surface area contributed by atoms with Gasteiger partial charge in [-0.15, -0.1) is 0 Å². The number of amides is 1. The summed E-state index contributed by atoms with van der Waals surface area (Å²) >= 11 is 0. The fourth-order valence-corrected chi connectivity index (χ4v) is 3.77. The lowest BCUT2D eigenvalue weighted by molar-refractivity contribution is -0.225. The highest BCUT2D eigenvalue weighted by atomic mass is 16.5. The molecule has 3 rings (SSSR count). The zero-order valence-corrected chi connectivity index (χ0v) is 12.5. The Morgan fingerprint density at radius 2 is 2.38 bits per heavy atom. The molecule has 1 aromatic heterocycles. The van der Waals surface area contributed by atoms with E-state index in [-0.39, 0.29) is 23.3 Å². The van der Waals surface area contributed by atoms with E-state index in [9.17, 15) is 4.79 Å². The first-order valence-corrected chi connectivity index (χ1v) is 7.42. The lowest BCUT2D eigenvalue weighted by Gasteiger charge is -2.65. The van der Waals surface area contributed by atoms with E-state index in [0.717, 1.165) is 19.4 Å². The van der Waals surface area contributed by atoms with Crippen molar-refractivity contribution in [2.75, 3.05) is 13.2 Å². The number of ether oxygens (including phenoxy) is 1. The van der Waals surface area contributed by atoms with Gasteiger partial charge in [0.25, 0.3) is 0 Å². The normalized spacial score (nSPS) is 33.9. The summed E-state index contributed by atoms with van der Waals surface area (Å²) in [5, 5.41) is 6.63. The van der Waals surface area contributed by atoms with Crippen LogP contribution in [0.2, 0.25) is 0 Å². The van der Waals surface area contributed by atoms with Crippen LogP contribution in [-0.2, 0) is 16.0 Å². The van der Waals surface area contributed by atoms with Crippen LogP contribution in [-0.4, -0.2) is 40.8 Å². The molecule has 3 N–H and O–H groups in total. The third kappa shape index (κ3) is 2.06. The van der Waals surface area contributed by atoms with E-state index in [2.05, 4.69) is 20.0 Å². The molecule has 7 heteroatoms. The lowest BCUT2D eigenvalue weighted by atomic mass is 9.46. The molecule has 1 aromatic rings. The molecule has 3 atom stereocenters. The van der Waals surface area contributed by atoms with Crippen molar-refractivity contribution in [3.63, 3.8) is 0 Å². The molecule has 21 heavy (non-hydrogen) atoms. The van der Waals surface area contributed by atoms with Crippen molar-refractivity contribution in [2.45, 2.75) is 44.8 Å². The number of hydrogen-bond donors (Lipinski definition) is 2. The van der Waals surface area contributed by atoms with Crippen LogP contribution in [0.15, 0.2) is 10.9 Å². The molecule has 1 aliphatic carbocycles. The first-order chi connectivity index (χ1) is 9.98. The number of carbonyl (C=O) groups excluding carboxylic acids is 1. The summed E-state index contributed by atoms with van der Waals surface area (Å²) in [5.41, 5.74) is 5.28. The molecule has 0 spiro atoms. The smallest absolute Gasteiger partial charge is 0.241 e. The van der Waals surface area contributed by atoms with Crippen LogP contribution >= 0.6 is 0 Å². The van der Waals surface area contributed by atoms with Crippen LogP contribution in [0.4, 0.5) is 0 Å². The number of hydrogen-bond acceptors (Lipinski definition) is 6. The van der Waals surface area contributed by atoms with Crippen LogP contribution < -0.4 is 11.1 Å². The Bertz CT molecular complexity index is 516. The van der Waals surface area contributed by atoms with Crippen molar-refractivity contribution in [1.29, 1.82) is 0 Å². The van der Waals surface area contributed by atoms with Gasteiger partial charge < -0.3 is 20.3 Å². The third-order valence-corrected chi connectivity index (χ3v) is 5.10. The molecule has 0 radical (unpaired) electrons. The van der Waals surface area contributed by atoms with Crippen molar-refractivity contribution in [3.05, 3.63) is 12.2 Å². The minimum atomic E-state index is -0.866. The molecular formula is C14H22N4O3. The molecule has 2 fully saturated rings. The second-order valence-corrected chi connectivity index (χ2v) is 6.48. The van der Waals surface area contributed by atoms with E-state index in [0.29, 0.717) is 18.8 Å². The molecule has 7 nitrogen and oxygen atoms in total. The molecule has 2 aliphatic rings. The van der Waals surface area contributed by atoms with E-state index in [1.54, 1.807) is 0 Å². The Morgan fingerprint density at radius 3 is 3.10 bits per heavy atom. The standard InChI is InChI=1S/C14H22N4O3/c1-13(2)11-9(4-3-7-20-11)14(13,15)12(19)16-6-5-10-17-8-21-18-10/h8-9,11H,3-7,15H2,1-2H3,(H,16,19). The first-order valence-electron chi connectivity index (χ1n) is 7.42. The van der Waals surface area contributed by atoms with Gasteiger partial charge >= 0.3 is 0 Å². The summed E-state index contributed by atoms with van der Waals surface area (Å²) in [4.78, 5) is 16.5. The molecule has 1 saturated carbocycles. The predicted molar refractivity (Wildman–Crippen MR) is 74.2 cm³/mol. The highest BCUT2D eigenvalue weighted by Gasteiger charge is 2.70. The maximum absolute atomic E-state index is 12.6. The quantitative estimate of drug-likeness (QED) is 0.825. The molecule has 116 valence electrons. The Morgan fingerprint density at radius 1 is 1.57 bits per heavy atom. The van der Waals surface area contributed by atoms with Crippen molar-refractivity contribution in [2.24, 2.45) is 17.1 Å². The molecule has 2 heterocycles. The number of nitrogens with two attached hydrogens (primary N) is 1. The summed E-state index contributed by atoms with van der Waals surface area (Å²) in [6, 6.07) is 0. The zero-order chi connectivity index (χ0) is 15.1. The van der Waals surface area contributed by atoms with E-state index in [1.165, 1.54) is 6.39 Å². The molecule has 1 amide bonds. The van der Waals surface area contributed by atoms with Gasteiger partial charge in [0.1, 0.15) is 5.54 Å². The number of carbonyl (C=O) groups is 1. The highest BCUT2D eigenvalue weighted by Crippen LogP contribution is 2.57. The average Bonchev–Trinajstić information content (AvgIpc) is 2.99. The molecule has 1 saturated heterocycles. The van der Waals surface area contributed by atoms with E-state index >= 15 is 0 Å². The fraction of sp³-hybridized carbons (Fsp3) is 0.786.